The second-order valence-electron chi connectivity index (χ2n) is 10.5. The number of rotatable bonds is 6. The average molecular weight is 528 g/mol. The second-order valence-corrected chi connectivity index (χ2v) is 10.5. The van der Waals surface area contributed by atoms with Gasteiger partial charge < -0.3 is 34.9 Å². The quantitative estimate of drug-likeness (QED) is 0.385. The molecule has 2 aromatic rings. The van der Waals surface area contributed by atoms with Crippen LogP contribution in [-0.2, 0) is 9.47 Å². The van der Waals surface area contributed by atoms with Gasteiger partial charge in [-0.2, -0.15) is 0 Å². The molecule has 3 fully saturated rings. The molecule has 2 aliphatic heterocycles. The molecule has 2 amide bonds. The van der Waals surface area contributed by atoms with Gasteiger partial charge in [-0.05, 0) is 62.1 Å². The van der Waals surface area contributed by atoms with Crippen LogP contribution in [0.4, 0.5) is 22.0 Å². The van der Waals surface area contributed by atoms with Crippen LogP contribution in [0.15, 0.2) is 29.3 Å². The number of nitrogens with two attached hydrogens (primary N) is 1. The Bertz CT molecular complexity index is 1260. The van der Waals surface area contributed by atoms with Gasteiger partial charge in [0.05, 0.1) is 37.2 Å². The fourth-order valence-electron chi connectivity index (χ4n) is 5.38. The molecular weight excluding hydrogens is 486 g/mol. The van der Waals surface area contributed by atoms with Crippen molar-refractivity contribution in [1.82, 2.24) is 14.5 Å². The van der Waals surface area contributed by atoms with Crippen molar-refractivity contribution in [3.63, 3.8) is 0 Å². The molecule has 1 atom stereocenters. The third-order valence-corrected chi connectivity index (χ3v) is 7.93. The molecule has 0 bridgehead atoms. The number of carbonyl (C=O) groups is 1. The zero-order valence-corrected chi connectivity index (χ0v) is 22.1. The number of amides is 2. The van der Waals surface area contributed by atoms with Gasteiger partial charge in [0, 0.05) is 41.8 Å². The minimum absolute atomic E-state index is 0. The molecule has 1 saturated carbocycles. The van der Waals surface area contributed by atoms with E-state index in [9.17, 15) is 9.59 Å². The summed E-state index contributed by atoms with van der Waals surface area (Å²) in [4.78, 5) is 34.7. The number of aromatic nitrogens is 2. The Balaban J connectivity index is 0.00000220. The highest BCUT2D eigenvalue weighted by atomic mass is 16.5. The van der Waals surface area contributed by atoms with Crippen molar-refractivity contribution in [2.45, 2.75) is 56.5 Å². The molecule has 2 saturated heterocycles. The van der Waals surface area contributed by atoms with Crippen molar-refractivity contribution in [3.05, 3.63) is 46.0 Å². The molecule has 208 valence electrons. The van der Waals surface area contributed by atoms with Gasteiger partial charge in [-0.15, -0.1) is 0 Å². The van der Waals surface area contributed by atoms with E-state index in [-0.39, 0.29) is 38.2 Å². The number of piperidine rings is 1. The molecule has 0 spiro atoms. The summed E-state index contributed by atoms with van der Waals surface area (Å²) < 4.78 is 12.4. The van der Waals surface area contributed by atoms with E-state index >= 15 is 0 Å². The highest BCUT2D eigenvalue weighted by Gasteiger charge is 2.30. The molecule has 2 aromatic heterocycles. The summed E-state index contributed by atoms with van der Waals surface area (Å²) in [5, 5.41) is 10.9. The maximum atomic E-state index is 13.3. The number of nitrogens with one attached hydrogen (secondary N) is 2. The van der Waals surface area contributed by atoms with Crippen LogP contribution in [-0.4, -0.2) is 72.9 Å². The summed E-state index contributed by atoms with van der Waals surface area (Å²) in [7, 11) is 3.22. The molecule has 3 aliphatic rings. The standard InChI is InChI=1S/C27H37N7O4.2H2/c1-32(19-7-9-33(10-8-19)21-13-22(25(29)37-2)24(28)30-14-21)27(36)31-23-12-18(17-5-6-17)15-34(26(23)35)20-4-3-11-38-16-20;;/h12-15,17,19-20,29H,3-11,16H2,1-2H3,(H2,28,30)(H,31,36);2*1H. The summed E-state index contributed by atoms with van der Waals surface area (Å²) in [6, 6.07) is 3.44. The first kappa shape index (κ1) is 26.0. The number of urea groups is 1. The molecule has 4 heterocycles. The molecule has 0 radical (unpaired) electrons. The van der Waals surface area contributed by atoms with Crippen molar-refractivity contribution in [3.8, 4) is 0 Å². The van der Waals surface area contributed by atoms with E-state index in [1.807, 2.05) is 18.3 Å². The minimum Gasteiger partial charge on any atom is -0.481 e. The first-order valence-corrected chi connectivity index (χ1v) is 13.4. The van der Waals surface area contributed by atoms with E-state index in [1.165, 1.54) is 7.11 Å². The Kier molecular flexibility index (Phi) is 7.55. The third-order valence-electron chi connectivity index (χ3n) is 7.93. The first-order chi connectivity index (χ1) is 18.4. The number of nitrogen functional groups attached to an aromatic ring is 1. The summed E-state index contributed by atoms with van der Waals surface area (Å²) in [5.41, 5.74) is 8.52. The maximum absolute atomic E-state index is 13.3. The largest absolute Gasteiger partial charge is 0.481 e. The third kappa shape index (κ3) is 5.47. The Morgan fingerprint density at radius 1 is 1.26 bits per heavy atom. The van der Waals surface area contributed by atoms with Crippen LogP contribution in [0.25, 0.3) is 0 Å². The van der Waals surface area contributed by atoms with Crippen molar-refractivity contribution in [2.24, 2.45) is 0 Å². The van der Waals surface area contributed by atoms with Crippen molar-refractivity contribution >= 4 is 29.1 Å². The topological polar surface area (TPSA) is 139 Å². The minimum atomic E-state index is -0.273. The molecule has 11 nitrogen and oxygen atoms in total. The molecule has 1 unspecified atom stereocenters. The van der Waals surface area contributed by atoms with Crippen molar-refractivity contribution in [2.75, 3.05) is 56.4 Å². The summed E-state index contributed by atoms with van der Waals surface area (Å²) >= 11 is 0. The highest BCUT2D eigenvalue weighted by molar-refractivity contribution is 5.96. The monoisotopic (exact) mass is 527 g/mol. The molecule has 4 N–H and O–H groups in total. The number of hydrogen-bond acceptors (Lipinski definition) is 8. The lowest BCUT2D eigenvalue weighted by Crippen LogP contribution is -2.47. The van der Waals surface area contributed by atoms with Crippen LogP contribution >= 0.6 is 0 Å². The van der Waals surface area contributed by atoms with Crippen LogP contribution in [0.5, 0.6) is 0 Å². The van der Waals surface area contributed by atoms with Crippen LogP contribution in [0.2, 0.25) is 0 Å². The van der Waals surface area contributed by atoms with Crippen molar-refractivity contribution < 1.29 is 17.1 Å². The number of carbonyl (C=O) groups excluding carboxylic acids is 1. The van der Waals surface area contributed by atoms with E-state index < -0.39 is 0 Å². The molecule has 1 aliphatic carbocycles. The van der Waals surface area contributed by atoms with Gasteiger partial charge >= 0.3 is 6.03 Å². The average Bonchev–Trinajstić information content (AvgIpc) is 3.80. The number of ether oxygens (including phenoxy) is 2. The first-order valence-electron chi connectivity index (χ1n) is 13.4. The van der Waals surface area contributed by atoms with Gasteiger partial charge in [-0.25, -0.2) is 9.78 Å². The summed E-state index contributed by atoms with van der Waals surface area (Å²) in [5.74, 6) is 0.691. The Hall–Kier alpha value is -3.60. The number of methoxy groups -OCH3 is 1. The fraction of sp³-hybridized carbons (Fsp3) is 0.556. The lowest BCUT2D eigenvalue weighted by atomic mass is 10.0. The SMILES string of the molecule is COC(=N)c1cc(N2CCC(N(C)C(=O)Nc3cc(C4CC4)cn(C4CCCOC4)c3=O)CC2)cnc1N.[HH].[HH]. The maximum Gasteiger partial charge on any atom is 0.321 e. The van der Waals surface area contributed by atoms with Gasteiger partial charge in [0.15, 0.2) is 0 Å². The van der Waals surface area contributed by atoms with E-state index in [0.29, 0.717) is 23.8 Å². The fourth-order valence-corrected chi connectivity index (χ4v) is 5.38. The van der Waals surface area contributed by atoms with Crippen molar-refractivity contribution in [1.29, 1.82) is 5.41 Å². The van der Waals surface area contributed by atoms with Gasteiger partial charge in [-0.3, -0.25) is 10.2 Å². The predicted octanol–water partition coefficient (Wildman–Crippen LogP) is 3.65. The smallest absolute Gasteiger partial charge is 0.321 e. The van der Waals surface area contributed by atoms with E-state index in [2.05, 4.69) is 15.2 Å². The molecule has 38 heavy (non-hydrogen) atoms. The van der Waals surface area contributed by atoms with E-state index in [4.69, 9.17) is 20.6 Å². The van der Waals surface area contributed by atoms with Crippen LogP contribution < -0.4 is 21.5 Å². The number of pyridine rings is 2. The van der Waals surface area contributed by atoms with Gasteiger partial charge in [0.2, 0.25) is 5.90 Å². The Labute approximate surface area is 225 Å². The number of nitrogens with zero attached hydrogens (tertiary/aromatic N) is 4. The van der Waals surface area contributed by atoms with Crippen LogP contribution in [0.3, 0.4) is 0 Å². The van der Waals surface area contributed by atoms with Gasteiger partial charge in [-0.1, -0.05) is 0 Å². The summed E-state index contributed by atoms with van der Waals surface area (Å²) in [6.45, 7) is 2.70. The molecular formula is C27H41N7O4. The number of anilines is 3. The normalized spacial score (nSPS) is 20.2. The molecule has 11 heteroatoms. The Morgan fingerprint density at radius 2 is 2.03 bits per heavy atom. The lowest BCUT2D eigenvalue weighted by Gasteiger charge is -2.37. The number of hydrogen-bond donors (Lipinski definition) is 3. The predicted molar refractivity (Wildman–Crippen MR) is 150 cm³/mol. The molecule has 0 aromatic carbocycles. The summed E-state index contributed by atoms with van der Waals surface area (Å²) in [6.07, 6.45) is 9.25. The van der Waals surface area contributed by atoms with Gasteiger partial charge in [0.25, 0.3) is 5.56 Å². The zero-order chi connectivity index (χ0) is 26.8. The van der Waals surface area contributed by atoms with Crippen LogP contribution in [0.1, 0.15) is 64.5 Å². The highest BCUT2D eigenvalue weighted by Crippen LogP contribution is 2.40. The molecule has 5 rings (SSSR count). The van der Waals surface area contributed by atoms with E-state index in [1.54, 1.807) is 22.7 Å². The van der Waals surface area contributed by atoms with Crippen LogP contribution in [0, 0.1) is 5.41 Å². The second kappa shape index (κ2) is 11.0. The Morgan fingerprint density at radius 3 is 2.68 bits per heavy atom. The lowest BCUT2D eigenvalue weighted by molar-refractivity contribution is 0.0580. The van der Waals surface area contributed by atoms with E-state index in [0.717, 1.165) is 69.5 Å². The van der Waals surface area contributed by atoms with Gasteiger partial charge in [0.1, 0.15) is 11.5 Å². The zero-order valence-electron chi connectivity index (χ0n) is 22.1.